The predicted octanol–water partition coefficient (Wildman–Crippen LogP) is 2.26. The lowest BCUT2D eigenvalue weighted by molar-refractivity contribution is -0.229. The van der Waals surface area contributed by atoms with Crippen LogP contribution in [0.4, 0.5) is 0 Å². The predicted molar refractivity (Wildman–Crippen MR) is 122 cm³/mol. The van der Waals surface area contributed by atoms with Gasteiger partial charge in [0.2, 0.25) is 0 Å². The highest BCUT2D eigenvalue weighted by atomic mass is 16.8. The van der Waals surface area contributed by atoms with Crippen LogP contribution in [0.3, 0.4) is 0 Å². The highest BCUT2D eigenvalue weighted by Gasteiger charge is 2.57. The van der Waals surface area contributed by atoms with Crippen LogP contribution in [-0.2, 0) is 25.6 Å². The second-order valence-electron chi connectivity index (χ2n) is 8.68. The minimum atomic E-state index is -1.05. The Morgan fingerprint density at radius 2 is 1.82 bits per heavy atom. The molecule has 2 aromatic rings. The van der Waals surface area contributed by atoms with Crippen molar-refractivity contribution in [2.24, 2.45) is 0 Å². The first-order chi connectivity index (χ1) is 16.3. The summed E-state index contributed by atoms with van der Waals surface area (Å²) in [7, 11) is 3.02. The number of fused-ring (bicyclic) bond motifs is 1. The molecule has 2 aliphatic heterocycles. The molecule has 0 radical (unpaired) electrons. The minimum Gasteiger partial charge on any atom is -0.493 e. The Morgan fingerprint density at radius 3 is 2.53 bits per heavy atom. The van der Waals surface area contributed by atoms with Gasteiger partial charge in [-0.1, -0.05) is 30.3 Å². The van der Waals surface area contributed by atoms with Crippen LogP contribution in [0.2, 0.25) is 0 Å². The summed E-state index contributed by atoms with van der Waals surface area (Å²) in [6, 6.07) is 14.6. The summed E-state index contributed by atoms with van der Waals surface area (Å²) in [6.45, 7) is 3.88. The van der Waals surface area contributed by atoms with Gasteiger partial charge in [0.25, 0.3) is 5.91 Å². The molecule has 0 aromatic heterocycles. The minimum absolute atomic E-state index is 0.0497. The third-order valence-corrected chi connectivity index (χ3v) is 5.81. The first-order valence-corrected chi connectivity index (χ1v) is 11.2. The van der Waals surface area contributed by atoms with Crippen molar-refractivity contribution in [1.82, 2.24) is 5.32 Å². The van der Waals surface area contributed by atoms with Gasteiger partial charge >= 0.3 is 0 Å². The van der Waals surface area contributed by atoms with Gasteiger partial charge in [-0.05, 0) is 37.6 Å². The molecule has 9 nitrogen and oxygen atoms in total. The highest BCUT2D eigenvalue weighted by Crippen LogP contribution is 2.40. The quantitative estimate of drug-likeness (QED) is 0.572. The SMILES string of the molecule is COc1ccc(C(=O)NC[C@@H](O)[C@H]2O[C@@H]3OC(C)(C)O[C@@H]3[C@H]2OCc2ccccc2)cc1OC. The van der Waals surface area contributed by atoms with Crippen molar-refractivity contribution in [2.75, 3.05) is 20.8 Å². The molecule has 2 aromatic carbocycles. The lowest BCUT2D eigenvalue weighted by Crippen LogP contribution is -2.47. The zero-order valence-electron chi connectivity index (χ0n) is 19.7. The van der Waals surface area contributed by atoms with Crippen LogP contribution >= 0.6 is 0 Å². The summed E-state index contributed by atoms with van der Waals surface area (Å²) in [5, 5.41) is 13.6. The molecule has 2 fully saturated rings. The third-order valence-electron chi connectivity index (χ3n) is 5.81. The van der Waals surface area contributed by atoms with Gasteiger partial charge in [-0.3, -0.25) is 4.79 Å². The number of hydrogen-bond donors (Lipinski definition) is 2. The summed E-state index contributed by atoms with van der Waals surface area (Å²) in [6.07, 6.45) is -3.55. The van der Waals surface area contributed by atoms with Crippen LogP contribution in [0.1, 0.15) is 29.8 Å². The molecule has 0 spiro atoms. The van der Waals surface area contributed by atoms with E-state index < -0.39 is 36.5 Å². The van der Waals surface area contributed by atoms with Gasteiger partial charge in [0.05, 0.1) is 20.8 Å². The fourth-order valence-electron chi connectivity index (χ4n) is 4.16. The van der Waals surface area contributed by atoms with E-state index >= 15 is 0 Å². The second kappa shape index (κ2) is 10.3. The van der Waals surface area contributed by atoms with E-state index in [1.807, 2.05) is 30.3 Å². The van der Waals surface area contributed by atoms with E-state index in [0.29, 0.717) is 23.7 Å². The summed E-state index contributed by atoms with van der Waals surface area (Å²) in [5.74, 6) is -0.227. The number of carbonyl (C=O) groups excluding carboxylic acids is 1. The number of nitrogens with one attached hydrogen (secondary N) is 1. The number of ether oxygens (including phenoxy) is 6. The fourth-order valence-corrected chi connectivity index (χ4v) is 4.16. The summed E-state index contributed by atoms with van der Waals surface area (Å²) >= 11 is 0. The summed E-state index contributed by atoms with van der Waals surface area (Å²) in [5.41, 5.74) is 1.36. The third kappa shape index (κ3) is 5.34. The van der Waals surface area contributed by atoms with Crippen LogP contribution in [0.25, 0.3) is 0 Å². The first-order valence-electron chi connectivity index (χ1n) is 11.2. The van der Waals surface area contributed by atoms with Gasteiger partial charge in [0, 0.05) is 12.1 Å². The molecule has 0 aliphatic carbocycles. The molecule has 0 unspecified atom stereocenters. The second-order valence-corrected chi connectivity index (χ2v) is 8.68. The zero-order valence-corrected chi connectivity index (χ0v) is 19.7. The number of rotatable bonds is 9. The van der Waals surface area contributed by atoms with Gasteiger partial charge in [-0.2, -0.15) is 0 Å². The van der Waals surface area contributed by atoms with Crippen LogP contribution < -0.4 is 14.8 Å². The van der Waals surface area contributed by atoms with Crippen molar-refractivity contribution in [1.29, 1.82) is 0 Å². The molecule has 4 rings (SSSR count). The monoisotopic (exact) mass is 473 g/mol. The number of carbonyl (C=O) groups is 1. The highest BCUT2D eigenvalue weighted by molar-refractivity contribution is 5.94. The van der Waals surface area contributed by atoms with Crippen molar-refractivity contribution in [2.45, 2.75) is 56.9 Å². The van der Waals surface area contributed by atoms with Gasteiger partial charge < -0.3 is 38.8 Å². The van der Waals surface area contributed by atoms with Crippen molar-refractivity contribution in [3.63, 3.8) is 0 Å². The average molecular weight is 474 g/mol. The molecule has 2 heterocycles. The Morgan fingerprint density at radius 1 is 1.09 bits per heavy atom. The van der Waals surface area contributed by atoms with Crippen molar-refractivity contribution in [3.05, 3.63) is 59.7 Å². The molecule has 2 N–H and O–H groups in total. The maximum atomic E-state index is 12.7. The van der Waals surface area contributed by atoms with Crippen LogP contribution in [0.15, 0.2) is 48.5 Å². The van der Waals surface area contributed by atoms with Crippen molar-refractivity contribution < 1.29 is 38.3 Å². The molecule has 2 aliphatic rings. The normalized spacial score (nSPS) is 26.0. The molecule has 184 valence electrons. The van der Waals surface area contributed by atoms with Crippen molar-refractivity contribution >= 4 is 5.91 Å². The maximum absolute atomic E-state index is 12.7. The van der Waals surface area contributed by atoms with E-state index in [2.05, 4.69) is 5.32 Å². The Balaban J connectivity index is 1.41. The smallest absolute Gasteiger partial charge is 0.251 e. The number of hydrogen-bond acceptors (Lipinski definition) is 8. The lowest BCUT2D eigenvalue weighted by Gasteiger charge is -2.28. The first kappa shape index (κ1) is 24.4. The molecule has 0 saturated carbocycles. The largest absolute Gasteiger partial charge is 0.493 e. The molecular formula is C25H31NO8. The summed E-state index contributed by atoms with van der Waals surface area (Å²) in [4.78, 5) is 12.7. The van der Waals surface area contributed by atoms with E-state index in [-0.39, 0.29) is 12.5 Å². The number of benzene rings is 2. The van der Waals surface area contributed by atoms with Gasteiger partial charge in [0.1, 0.15) is 24.4 Å². The van der Waals surface area contributed by atoms with Crippen LogP contribution in [0, 0.1) is 0 Å². The number of aliphatic hydroxyl groups is 1. The van der Waals surface area contributed by atoms with E-state index in [1.54, 1.807) is 32.0 Å². The van der Waals surface area contributed by atoms with Crippen molar-refractivity contribution in [3.8, 4) is 11.5 Å². The molecular weight excluding hydrogens is 442 g/mol. The van der Waals surface area contributed by atoms with Crippen LogP contribution in [0.5, 0.6) is 11.5 Å². The Labute approximate surface area is 198 Å². The average Bonchev–Trinajstić information content (AvgIpc) is 3.32. The lowest BCUT2D eigenvalue weighted by atomic mass is 10.0. The number of aliphatic hydroxyl groups excluding tert-OH is 1. The van der Waals surface area contributed by atoms with E-state index in [1.165, 1.54) is 14.2 Å². The summed E-state index contributed by atoms with van der Waals surface area (Å²) < 4.78 is 34.4. The van der Waals surface area contributed by atoms with Crippen LogP contribution in [-0.4, -0.2) is 68.3 Å². The Bertz CT molecular complexity index is 982. The fraction of sp³-hybridized carbons (Fsp3) is 0.480. The zero-order chi connectivity index (χ0) is 24.3. The standard InChI is InChI=1S/C25H31NO8/c1-25(2)33-22-21(31-14-15-8-6-5-7-9-15)20(32-24(22)34-25)17(27)13-26-23(28)16-10-11-18(29-3)19(12-16)30-4/h5-12,17,20-22,24,27H,13-14H2,1-4H3,(H,26,28)/t17-,20-,21+,22-,24-/m1/s1. The Hall–Kier alpha value is -2.69. The van der Waals surface area contributed by atoms with Gasteiger partial charge in [-0.15, -0.1) is 0 Å². The number of methoxy groups -OCH3 is 2. The van der Waals surface area contributed by atoms with E-state index in [9.17, 15) is 9.90 Å². The molecule has 0 bridgehead atoms. The van der Waals surface area contributed by atoms with E-state index in [4.69, 9.17) is 28.4 Å². The maximum Gasteiger partial charge on any atom is 0.251 e. The van der Waals surface area contributed by atoms with Gasteiger partial charge in [-0.25, -0.2) is 0 Å². The molecule has 5 atom stereocenters. The molecule has 2 saturated heterocycles. The Kier molecular flexibility index (Phi) is 7.39. The van der Waals surface area contributed by atoms with E-state index in [0.717, 1.165) is 5.56 Å². The molecule has 9 heteroatoms. The molecule has 1 amide bonds. The number of amides is 1. The van der Waals surface area contributed by atoms with Gasteiger partial charge in [0.15, 0.2) is 23.6 Å². The topological polar surface area (TPSA) is 105 Å². The molecule has 34 heavy (non-hydrogen) atoms.